The third-order valence-corrected chi connectivity index (χ3v) is 10.5. The number of nitrogens with one attached hydrogen (secondary N) is 2. The summed E-state index contributed by atoms with van der Waals surface area (Å²) in [6.07, 6.45) is 12.9. The van der Waals surface area contributed by atoms with Gasteiger partial charge in [-0.15, -0.1) is 11.3 Å². The van der Waals surface area contributed by atoms with Crippen molar-refractivity contribution in [2.45, 2.75) is 88.6 Å². The zero-order valence-electron chi connectivity index (χ0n) is 20.4. The normalized spacial score (nSPS) is 37.3. The van der Waals surface area contributed by atoms with E-state index in [1.165, 1.54) is 43.4 Å². The van der Waals surface area contributed by atoms with Crippen molar-refractivity contribution in [2.24, 2.45) is 23.2 Å². The van der Waals surface area contributed by atoms with Crippen LogP contribution in [0.25, 0.3) is 0 Å². The Bertz CT molecular complexity index is 806. The van der Waals surface area contributed by atoms with E-state index in [9.17, 15) is 9.59 Å². The molecule has 5 aliphatic rings. The Morgan fingerprint density at radius 2 is 1.61 bits per heavy atom. The van der Waals surface area contributed by atoms with Gasteiger partial charge >= 0.3 is 0 Å². The van der Waals surface area contributed by atoms with Gasteiger partial charge in [0.05, 0.1) is 5.54 Å². The second-order valence-corrected chi connectivity index (χ2v) is 12.9. The van der Waals surface area contributed by atoms with Crippen molar-refractivity contribution in [3.8, 4) is 0 Å². The lowest BCUT2D eigenvalue weighted by Crippen LogP contribution is -2.51. The fourth-order valence-electron chi connectivity index (χ4n) is 8.10. The summed E-state index contributed by atoms with van der Waals surface area (Å²) in [4.78, 5) is 28.9. The van der Waals surface area contributed by atoms with Crippen LogP contribution in [0.15, 0.2) is 17.5 Å². The number of nitrogens with zero attached hydrogens (tertiary/aromatic N) is 1. The molecule has 1 heterocycles. The van der Waals surface area contributed by atoms with Crippen molar-refractivity contribution >= 4 is 23.2 Å². The fourth-order valence-corrected chi connectivity index (χ4v) is 9.17. The first kappa shape index (κ1) is 23.3. The average Bonchev–Trinajstić information content (AvgIpc) is 3.31. The van der Waals surface area contributed by atoms with E-state index in [0.717, 1.165) is 50.0 Å². The molecular weight excluding hydrogens is 430 g/mol. The monoisotopic (exact) mass is 471 g/mol. The van der Waals surface area contributed by atoms with E-state index in [4.69, 9.17) is 0 Å². The van der Waals surface area contributed by atoms with E-state index >= 15 is 0 Å². The van der Waals surface area contributed by atoms with Gasteiger partial charge in [0.15, 0.2) is 0 Å². The van der Waals surface area contributed by atoms with Crippen molar-refractivity contribution in [3.05, 3.63) is 22.4 Å². The van der Waals surface area contributed by atoms with Gasteiger partial charge < -0.3 is 10.6 Å². The van der Waals surface area contributed by atoms with Gasteiger partial charge in [-0.05, 0) is 113 Å². The molecule has 0 unspecified atom stereocenters. The number of amides is 2. The van der Waals surface area contributed by atoms with E-state index in [0.29, 0.717) is 18.3 Å². The van der Waals surface area contributed by atoms with Crippen LogP contribution < -0.4 is 10.6 Å². The molecule has 0 atom stereocenters. The van der Waals surface area contributed by atoms with Gasteiger partial charge in [0.1, 0.15) is 0 Å². The third-order valence-electron chi connectivity index (χ3n) is 9.42. The van der Waals surface area contributed by atoms with Crippen LogP contribution in [0.4, 0.5) is 0 Å². The number of hydrogen-bond donors (Lipinski definition) is 2. The van der Waals surface area contributed by atoms with E-state index in [-0.39, 0.29) is 23.4 Å². The summed E-state index contributed by atoms with van der Waals surface area (Å²) in [5, 5.41) is 8.58. The Morgan fingerprint density at radius 1 is 1.00 bits per heavy atom. The molecule has 33 heavy (non-hydrogen) atoms. The van der Waals surface area contributed by atoms with Gasteiger partial charge in [-0.25, -0.2) is 0 Å². The molecule has 0 saturated heterocycles. The molecule has 6 rings (SSSR count). The van der Waals surface area contributed by atoms with Crippen molar-refractivity contribution in [2.75, 3.05) is 20.6 Å². The van der Waals surface area contributed by atoms with Crippen LogP contribution >= 0.6 is 11.3 Å². The molecule has 0 aromatic carbocycles. The molecular formula is C27H41N3O2S. The number of carbonyl (C=O) groups is 2. The first-order valence-corrected chi connectivity index (χ1v) is 14.0. The maximum absolute atomic E-state index is 12.6. The first-order valence-electron chi connectivity index (χ1n) is 13.1. The van der Waals surface area contributed by atoms with E-state index in [1.54, 1.807) is 0 Å². The lowest BCUT2D eigenvalue weighted by molar-refractivity contribution is -0.128. The van der Waals surface area contributed by atoms with Crippen LogP contribution in [0.3, 0.4) is 0 Å². The highest BCUT2D eigenvalue weighted by atomic mass is 32.1. The van der Waals surface area contributed by atoms with Crippen LogP contribution in [0.2, 0.25) is 0 Å². The molecule has 182 valence electrons. The average molecular weight is 472 g/mol. The number of rotatable bonds is 8. The minimum Gasteiger partial charge on any atom is -0.356 e. The van der Waals surface area contributed by atoms with Gasteiger partial charge in [0.25, 0.3) is 0 Å². The quantitative estimate of drug-likeness (QED) is 0.579. The number of thiophene rings is 1. The summed E-state index contributed by atoms with van der Waals surface area (Å²) in [6, 6.07) is 4.60. The fraction of sp³-hybridized carbons (Fsp3) is 0.778. The topological polar surface area (TPSA) is 61.4 Å². The summed E-state index contributed by atoms with van der Waals surface area (Å²) in [5.74, 6) is 2.79. The summed E-state index contributed by atoms with van der Waals surface area (Å²) < 4.78 is 0. The Hall–Kier alpha value is -1.40. The van der Waals surface area contributed by atoms with Gasteiger partial charge in [-0.3, -0.25) is 14.5 Å². The lowest BCUT2D eigenvalue weighted by Gasteiger charge is -2.56. The molecule has 5 nitrogen and oxygen atoms in total. The Labute approximate surface area is 203 Å². The van der Waals surface area contributed by atoms with Crippen LogP contribution in [-0.4, -0.2) is 43.4 Å². The molecule has 0 radical (unpaired) electrons. The van der Waals surface area contributed by atoms with E-state index in [2.05, 4.69) is 47.1 Å². The maximum atomic E-state index is 12.6. The van der Waals surface area contributed by atoms with E-state index in [1.807, 2.05) is 11.3 Å². The highest BCUT2D eigenvalue weighted by Gasteiger charge is 2.50. The Kier molecular flexibility index (Phi) is 6.60. The lowest BCUT2D eigenvalue weighted by atomic mass is 9.49. The number of hydrogen-bond acceptors (Lipinski definition) is 4. The summed E-state index contributed by atoms with van der Waals surface area (Å²) in [5.41, 5.74) is 0.447. The zero-order chi connectivity index (χ0) is 23.1. The van der Waals surface area contributed by atoms with Crippen molar-refractivity contribution < 1.29 is 9.59 Å². The number of carbonyl (C=O) groups excluding carboxylic acids is 2. The van der Waals surface area contributed by atoms with Crippen LogP contribution in [-0.2, 0) is 15.1 Å². The Balaban J connectivity index is 1.04. The summed E-state index contributed by atoms with van der Waals surface area (Å²) in [6.45, 7) is 0.828. The molecule has 6 heteroatoms. The Morgan fingerprint density at radius 3 is 2.15 bits per heavy atom. The SMILES string of the molecule is CN(C)C1(c2cccs2)CCC(NC(=O)CCC(=O)NCC23CC4CC(CC(C4)C2)C3)CC1. The smallest absolute Gasteiger partial charge is 0.220 e. The molecule has 1 aromatic heterocycles. The second kappa shape index (κ2) is 9.33. The van der Waals surface area contributed by atoms with Gasteiger partial charge in [-0.2, -0.15) is 0 Å². The minimum absolute atomic E-state index is 0.0263. The van der Waals surface area contributed by atoms with E-state index < -0.39 is 0 Å². The molecule has 5 aliphatic carbocycles. The molecule has 5 fully saturated rings. The summed E-state index contributed by atoms with van der Waals surface area (Å²) in [7, 11) is 4.33. The molecule has 5 saturated carbocycles. The van der Waals surface area contributed by atoms with Gasteiger partial charge in [-0.1, -0.05) is 6.07 Å². The highest BCUT2D eigenvalue weighted by Crippen LogP contribution is 2.59. The predicted octanol–water partition coefficient (Wildman–Crippen LogP) is 4.68. The standard InChI is InChI=1S/C27H41N3O2S/c1-30(2)27(23-4-3-11-33-23)9-7-22(8-10-27)29-25(32)6-5-24(31)28-18-26-15-19-12-20(16-26)14-21(13-19)17-26/h3-4,11,19-22H,5-10,12-18H2,1-2H3,(H,28,31)(H,29,32). The van der Waals surface area contributed by atoms with Crippen LogP contribution in [0.1, 0.15) is 81.9 Å². The van der Waals surface area contributed by atoms with Gasteiger partial charge in [0, 0.05) is 30.3 Å². The largest absolute Gasteiger partial charge is 0.356 e. The molecule has 2 amide bonds. The maximum Gasteiger partial charge on any atom is 0.220 e. The second-order valence-electron chi connectivity index (χ2n) is 11.9. The molecule has 0 spiro atoms. The van der Waals surface area contributed by atoms with Crippen LogP contribution in [0, 0.1) is 23.2 Å². The molecule has 2 N–H and O–H groups in total. The van der Waals surface area contributed by atoms with Gasteiger partial charge in [0.2, 0.25) is 11.8 Å². The van der Waals surface area contributed by atoms with Crippen molar-refractivity contribution in [3.63, 3.8) is 0 Å². The van der Waals surface area contributed by atoms with Crippen molar-refractivity contribution in [1.82, 2.24) is 15.5 Å². The zero-order valence-corrected chi connectivity index (χ0v) is 21.2. The molecule has 0 aliphatic heterocycles. The highest BCUT2D eigenvalue weighted by molar-refractivity contribution is 7.10. The molecule has 1 aromatic rings. The first-order chi connectivity index (χ1) is 15.9. The third kappa shape index (κ3) is 4.88. The molecule has 4 bridgehead atoms. The summed E-state index contributed by atoms with van der Waals surface area (Å²) >= 11 is 1.83. The van der Waals surface area contributed by atoms with Crippen LogP contribution in [0.5, 0.6) is 0 Å². The van der Waals surface area contributed by atoms with Crippen molar-refractivity contribution in [1.29, 1.82) is 0 Å². The predicted molar refractivity (Wildman–Crippen MR) is 133 cm³/mol. The minimum atomic E-state index is 0.0263.